The third-order valence-electron chi connectivity index (χ3n) is 2.19. The van der Waals surface area contributed by atoms with Crippen molar-refractivity contribution in [1.29, 1.82) is 0 Å². The lowest BCUT2D eigenvalue weighted by Crippen LogP contribution is -2.48. The molecule has 0 radical (unpaired) electrons. The predicted molar refractivity (Wildman–Crippen MR) is 68.5 cm³/mol. The van der Waals surface area contributed by atoms with Gasteiger partial charge in [0.25, 0.3) is 0 Å². The largest absolute Gasteiger partial charge is 0.411 e. The van der Waals surface area contributed by atoms with Gasteiger partial charge in [0.2, 0.25) is 0 Å². The third-order valence-corrected chi connectivity index (χ3v) is 2.42. The van der Waals surface area contributed by atoms with Crippen LogP contribution in [0.2, 0.25) is 5.02 Å². The number of carbonyl (C=O) groups excluding carboxylic acids is 1. The number of hydrogen-bond acceptors (Lipinski definition) is 4. The molecular weight excluding hydrogens is 258 g/mol. The molecule has 0 bridgehead atoms. The monoisotopic (exact) mass is 271 g/mol. The number of oxime groups is 1. The molecule has 2 amide bonds. The number of hydroxylamine groups is 2. The lowest BCUT2D eigenvalue weighted by molar-refractivity contribution is -0.0822. The second kappa shape index (κ2) is 5.70. The van der Waals surface area contributed by atoms with Crippen molar-refractivity contribution in [2.24, 2.45) is 5.16 Å². The van der Waals surface area contributed by atoms with Crippen molar-refractivity contribution in [3.8, 4) is 0 Å². The number of carbonyl (C=O) groups is 1. The van der Waals surface area contributed by atoms with Crippen LogP contribution in [0.1, 0.15) is 13.8 Å². The highest BCUT2D eigenvalue weighted by molar-refractivity contribution is 6.30. The Hall–Kier alpha value is -1.79. The Kier molecular flexibility index (Phi) is 4.52. The first-order chi connectivity index (χ1) is 8.36. The molecule has 0 saturated heterocycles. The van der Waals surface area contributed by atoms with Crippen molar-refractivity contribution >= 4 is 29.5 Å². The van der Waals surface area contributed by atoms with E-state index in [1.165, 1.54) is 13.8 Å². The van der Waals surface area contributed by atoms with E-state index in [-0.39, 0.29) is 0 Å². The minimum absolute atomic E-state index is 0.424. The van der Waals surface area contributed by atoms with Gasteiger partial charge in [-0.2, -0.15) is 5.06 Å². The number of hydrogen-bond donors (Lipinski definition) is 3. The SMILES string of the molecule is CC(C)(C=NO)N(O)C(=O)Nc1cccc(Cl)c1. The summed E-state index contributed by atoms with van der Waals surface area (Å²) in [6.45, 7) is 3.01. The molecule has 0 atom stereocenters. The zero-order chi connectivity index (χ0) is 13.8. The average Bonchev–Trinajstić information content (AvgIpc) is 2.27. The summed E-state index contributed by atoms with van der Waals surface area (Å²) in [5.74, 6) is 0. The van der Waals surface area contributed by atoms with Crippen LogP contribution in [0.5, 0.6) is 0 Å². The predicted octanol–water partition coefficient (Wildman–Crippen LogP) is 2.80. The first-order valence-corrected chi connectivity index (χ1v) is 5.49. The van der Waals surface area contributed by atoms with Gasteiger partial charge in [0.15, 0.2) is 0 Å². The normalized spacial score (nSPS) is 11.6. The van der Waals surface area contributed by atoms with Gasteiger partial charge in [0.05, 0.1) is 6.21 Å². The van der Waals surface area contributed by atoms with Crippen molar-refractivity contribution in [1.82, 2.24) is 5.06 Å². The number of nitrogens with zero attached hydrogens (tertiary/aromatic N) is 2. The molecule has 1 rings (SSSR count). The minimum Gasteiger partial charge on any atom is -0.411 e. The molecule has 3 N–H and O–H groups in total. The standard InChI is InChI=1S/C11H14ClN3O3/c1-11(2,7-13-17)15(18)10(16)14-9-5-3-4-8(12)6-9/h3-7,17-18H,1-2H3,(H,14,16). The highest BCUT2D eigenvalue weighted by atomic mass is 35.5. The number of urea groups is 1. The number of benzene rings is 1. The molecule has 0 fully saturated rings. The molecule has 0 heterocycles. The van der Waals surface area contributed by atoms with Crippen LogP contribution >= 0.6 is 11.6 Å². The summed E-state index contributed by atoms with van der Waals surface area (Å²) < 4.78 is 0. The van der Waals surface area contributed by atoms with Crippen molar-refractivity contribution in [2.45, 2.75) is 19.4 Å². The molecule has 0 aliphatic carbocycles. The smallest absolute Gasteiger partial charge is 0.346 e. The Morgan fingerprint density at radius 1 is 1.56 bits per heavy atom. The maximum absolute atomic E-state index is 11.7. The summed E-state index contributed by atoms with van der Waals surface area (Å²) in [4.78, 5) is 11.7. The molecular formula is C11H14ClN3O3. The van der Waals surface area contributed by atoms with Gasteiger partial charge in [-0.25, -0.2) is 4.79 Å². The van der Waals surface area contributed by atoms with Gasteiger partial charge in [0.1, 0.15) is 5.54 Å². The lowest BCUT2D eigenvalue weighted by Gasteiger charge is -2.28. The maximum atomic E-state index is 11.7. The van der Waals surface area contributed by atoms with Gasteiger partial charge in [-0.05, 0) is 32.0 Å². The lowest BCUT2D eigenvalue weighted by atomic mass is 10.1. The summed E-state index contributed by atoms with van der Waals surface area (Å²) in [6, 6.07) is 5.74. The summed E-state index contributed by atoms with van der Waals surface area (Å²) in [6.07, 6.45) is 1.03. The summed E-state index contributed by atoms with van der Waals surface area (Å²) >= 11 is 5.77. The van der Waals surface area contributed by atoms with Crippen LogP contribution in [0.3, 0.4) is 0 Å². The average molecular weight is 272 g/mol. The Morgan fingerprint density at radius 3 is 2.78 bits per heavy atom. The Labute approximate surface area is 109 Å². The van der Waals surface area contributed by atoms with Crippen LogP contribution in [0, 0.1) is 0 Å². The van der Waals surface area contributed by atoms with E-state index >= 15 is 0 Å². The molecule has 1 aromatic rings. The molecule has 0 spiro atoms. The van der Waals surface area contributed by atoms with Gasteiger partial charge < -0.3 is 10.5 Å². The zero-order valence-electron chi connectivity index (χ0n) is 9.96. The third kappa shape index (κ3) is 3.61. The number of rotatable bonds is 3. The van der Waals surface area contributed by atoms with E-state index < -0.39 is 11.6 Å². The fourth-order valence-corrected chi connectivity index (χ4v) is 1.39. The van der Waals surface area contributed by atoms with E-state index in [1.807, 2.05) is 0 Å². The van der Waals surface area contributed by atoms with Crippen LogP contribution in [0.25, 0.3) is 0 Å². The molecule has 0 aliphatic rings. The van der Waals surface area contributed by atoms with Gasteiger partial charge in [-0.3, -0.25) is 5.21 Å². The maximum Gasteiger partial charge on any atom is 0.346 e. The van der Waals surface area contributed by atoms with E-state index in [2.05, 4.69) is 10.5 Å². The quantitative estimate of drug-likeness (QED) is 0.342. The van der Waals surface area contributed by atoms with Crippen LogP contribution < -0.4 is 5.32 Å². The van der Waals surface area contributed by atoms with Gasteiger partial charge >= 0.3 is 6.03 Å². The van der Waals surface area contributed by atoms with Gasteiger partial charge in [0, 0.05) is 10.7 Å². The molecule has 0 aromatic heterocycles. The van der Waals surface area contributed by atoms with Crippen LogP contribution in [0.4, 0.5) is 10.5 Å². The van der Waals surface area contributed by atoms with Crippen molar-refractivity contribution < 1.29 is 15.2 Å². The van der Waals surface area contributed by atoms with Crippen molar-refractivity contribution in [3.05, 3.63) is 29.3 Å². The molecule has 6 nitrogen and oxygen atoms in total. The van der Waals surface area contributed by atoms with E-state index in [1.54, 1.807) is 24.3 Å². The highest BCUT2D eigenvalue weighted by Crippen LogP contribution is 2.17. The first-order valence-electron chi connectivity index (χ1n) is 5.11. The Balaban J connectivity index is 2.77. The molecule has 0 aliphatic heterocycles. The number of anilines is 1. The zero-order valence-corrected chi connectivity index (χ0v) is 10.7. The second-order valence-electron chi connectivity index (χ2n) is 4.15. The van der Waals surface area contributed by atoms with Gasteiger partial charge in [-0.1, -0.05) is 22.8 Å². The van der Waals surface area contributed by atoms with Crippen LogP contribution in [-0.2, 0) is 0 Å². The summed E-state index contributed by atoms with van der Waals surface area (Å²) in [5.41, 5.74) is -0.694. The number of nitrogens with one attached hydrogen (secondary N) is 1. The molecule has 18 heavy (non-hydrogen) atoms. The summed E-state index contributed by atoms with van der Waals surface area (Å²) in [7, 11) is 0. The molecule has 0 unspecified atom stereocenters. The van der Waals surface area contributed by atoms with Crippen LogP contribution in [0.15, 0.2) is 29.4 Å². The molecule has 1 aromatic carbocycles. The van der Waals surface area contributed by atoms with Crippen molar-refractivity contribution in [3.63, 3.8) is 0 Å². The van der Waals surface area contributed by atoms with Crippen molar-refractivity contribution in [2.75, 3.05) is 5.32 Å². The topological polar surface area (TPSA) is 85.2 Å². The highest BCUT2D eigenvalue weighted by Gasteiger charge is 2.28. The first kappa shape index (κ1) is 14.3. The molecule has 98 valence electrons. The second-order valence-corrected chi connectivity index (χ2v) is 4.59. The molecule has 0 saturated carbocycles. The van der Waals surface area contributed by atoms with E-state index in [0.29, 0.717) is 15.8 Å². The number of halogens is 1. The minimum atomic E-state index is -1.14. The molecule has 7 heteroatoms. The summed E-state index contributed by atoms with van der Waals surface area (Å²) in [5, 5.41) is 24.3. The Bertz CT molecular complexity index is 463. The fraction of sp³-hybridized carbons (Fsp3) is 0.273. The van der Waals surface area contributed by atoms with E-state index in [0.717, 1.165) is 6.21 Å². The van der Waals surface area contributed by atoms with E-state index in [4.69, 9.17) is 16.8 Å². The fourth-order valence-electron chi connectivity index (χ4n) is 1.20. The van der Waals surface area contributed by atoms with Crippen LogP contribution in [-0.4, -0.2) is 33.3 Å². The Morgan fingerprint density at radius 2 is 2.22 bits per heavy atom. The number of amides is 2. The van der Waals surface area contributed by atoms with Gasteiger partial charge in [-0.15, -0.1) is 0 Å². The van der Waals surface area contributed by atoms with E-state index in [9.17, 15) is 10.0 Å².